The largest absolute Gasteiger partial charge is 0.353 e. The summed E-state index contributed by atoms with van der Waals surface area (Å²) in [6.07, 6.45) is 7.28. The highest BCUT2D eigenvalue weighted by Crippen LogP contribution is 2.02. The van der Waals surface area contributed by atoms with Gasteiger partial charge in [-0.3, -0.25) is 0 Å². The molecule has 0 radical (unpaired) electrons. The average Bonchev–Trinajstić information content (AvgIpc) is 2.74. The molecule has 0 aliphatic carbocycles. The molecule has 0 bridgehead atoms. The zero-order chi connectivity index (χ0) is 12.3. The molecule has 7 nitrogen and oxygen atoms in total. The van der Waals surface area contributed by atoms with E-state index in [4.69, 9.17) is 6.42 Å². The Kier molecular flexibility index (Phi) is 3.16. The second-order valence-corrected chi connectivity index (χ2v) is 3.47. The van der Waals surface area contributed by atoms with Crippen molar-refractivity contribution in [2.24, 2.45) is 0 Å². The molecule has 0 fully saturated rings. The molecular formula is C10H12N6O. The molecule has 0 aliphatic heterocycles. The van der Waals surface area contributed by atoms with Crippen LogP contribution in [0.25, 0.3) is 5.65 Å². The number of fused-ring (bicyclic) bond motifs is 1. The minimum Gasteiger partial charge on any atom is -0.319 e. The van der Waals surface area contributed by atoms with Crippen LogP contribution >= 0.6 is 0 Å². The molecule has 0 aliphatic rings. The second-order valence-electron chi connectivity index (χ2n) is 3.47. The van der Waals surface area contributed by atoms with E-state index >= 15 is 0 Å². The Hall–Kier alpha value is -2.20. The molecule has 2 rings (SSSR count). The normalized spacial score (nSPS) is 10.6. The number of aromatic nitrogens is 5. The van der Waals surface area contributed by atoms with Gasteiger partial charge in [0.1, 0.15) is 12.9 Å². The summed E-state index contributed by atoms with van der Waals surface area (Å²) in [4.78, 5) is 16.0. The molecule has 0 saturated heterocycles. The van der Waals surface area contributed by atoms with Crippen LogP contribution in [0.2, 0.25) is 0 Å². The highest BCUT2D eigenvalue weighted by molar-refractivity contribution is 5.42. The summed E-state index contributed by atoms with van der Waals surface area (Å²) >= 11 is 0. The highest BCUT2D eigenvalue weighted by Gasteiger charge is 2.10. The fourth-order valence-electron chi connectivity index (χ4n) is 1.49. The van der Waals surface area contributed by atoms with E-state index in [1.54, 1.807) is 0 Å². The molecule has 2 aromatic heterocycles. The number of nitrogens with one attached hydrogen (secondary N) is 1. The first kappa shape index (κ1) is 11.3. The van der Waals surface area contributed by atoms with E-state index in [1.807, 2.05) is 7.05 Å². The lowest BCUT2D eigenvalue weighted by molar-refractivity contribution is 0.576. The molecule has 0 amide bonds. The van der Waals surface area contributed by atoms with Gasteiger partial charge in [0.2, 0.25) is 0 Å². The number of imidazole rings is 1. The molecule has 0 aromatic carbocycles. The Morgan fingerprint density at radius 1 is 1.59 bits per heavy atom. The third kappa shape index (κ3) is 2.03. The molecule has 17 heavy (non-hydrogen) atoms. The predicted molar refractivity (Wildman–Crippen MR) is 61.5 cm³/mol. The van der Waals surface area contributed by atoms with Gasteiger partial charge in [0, 0.05) is 13.0 Å². The topological polar surface area (TPSA) is 77.1 Å². The maximum atomic E-state index is 11.9. The number of hydrogen-bond acceptors (Lipinski definition) is 5. The van der Waals surface area contributed by atoms with Gasteiger partial charge in [0.25, 0.3) is 0 Å². The molecule has 7 heteroatoms. The number of likely N-dealkylation sites (N-methyl/N-ethyl adjacent to an activating group) is 1. The first-order valence-corrected chi connectivity index (χ1v) is 5.15. The molecule has 88 valence electrons. The van der Waals surface area contributed by atoms with Gasteiger partial charge in [0.15, 0.2) is 5.65 Å². The van der Waals surface area contributed by atoms with Gasteiger partial charge in [-0.2, -0.15) is 4.68 Å². The van der Waals surface area contributed by atoms with Crippen LogP contribution in [0.15, 0.2) is 11.1 Å². The summed E-state index contributed by atoms with van der Waals surface area (Å²) in [6.45, 7) is 0.869. The predicted octanol–water partition coefficient (Wildman–Crippen LogP) is -1.32. The summed E-state index contributed by atoms with van der Waals surface area (Å²) in [5.74, 6) is 2.35. The Morgan fingerprint density at radius 2 is 2.41 bits per heavy atom. The van der Waals surface area contributed by atoms with E-state index in [-0.39, 0.29) is 12.2 Å². The number of hydrogen-bond donors (Lipinski definition) is 1. The third-order valence-corrected chi connectivity index (χ3v) is 2.34. The molecule has 0 saturated carbocycles. The Balaban J connectivity index is 2.48. The Bertz CT molecular complexity index is 620. The van der Waals surface area contributed by atoms with Gasteiger partial charge < -0.3 is 5.32 Å². The van der Waals surface area contributed by atoms with Crippen molar-refractivity contribution in [1.29, 1.82) is 0 Å². The first-order valence-electron chi connectivity index (χ1n) is 5.15. The summed E-state index contributed by atoms with van der Waals surface area (Å²) in [5, 5.41) is 10.7. The quantitative estimate of drug-likeness (QED) is 0.662. The van der Waals surface area contributed by atoms with E-state index in [9.17, 15) is 4.79 Å². The fraction of sp³-hybridized carbons (Fsp3) is 0.400. The van der Waals surface area contributed by atoms with Gasteiger partial charge in [-0.1, -0.05) is 11.1 Å². The lowest BCUT2D eigenvalue weighted by atomic mass is 10.3. The maximum absolute atomic E-state index is 11.9. The van der Waals surface area contributed by atoms with E-state index in [0.29, 0.717) is 12.1 Å². The molecule has 0 spiro atoms. The lowest BCUT2D eigenvalue weighted by Gasteiger charge is -1.99. The molecule has 0 unspecified atom stereocenters. The summed E-state index contributed by atoms with van der Waals surface area (Å²) in [6, 6.07) is 0. The monoisotopic (exact) mass is 232 g/mol. The summed E-state index contributed by atoms with van der Waals surface area (Å²) in [7, 11) is 1.85. The van der Waals surface area contributed by atoms with Gasteiger partial charge in [-0.25, -0.2) is 14.2 Å². The van der Waals surface area contributed by atoms with Crippen LogP contribution < -0.4 is 11.0 Å². The summed E-state index contributed by atoms with van der Waals surface area (Å²) < 4.78 is 2.48. The van der Waals surface area contributed by atoms with Crippen LogP contribution in [0.5, 0.6) is 0 Å². The van der Waals surface area contributed by atoms with Crippen molar-refractivity contribution in [3.8, 4) is 12.3 Å². The fourth-order valence-corrected chi connectivity index (χ4v) is 1.49. The zero-order valence-electron chi connectivity index (χ0n) is 9.42. The number of terminal acetylenes is 1. The number of nitrogens with zero attached hydrogens (tertiary/aromatic N) is 5. The van der Waals surface area contributed by atoms with Gasteiger partial charge in [0.05, 0.1) is 5.69 Å². The molecule has 1 N–H and O–H groups in total. The van der Waals surface area contributed by atoms with Crippen molar-refractivity contribution >= 4 is 5.65 Å². The van der Waals surface area contributed by atoms with Crippen LogP contribution in [-0.2, 0) is 13.0 Å². The SMILES string of the molecule is C#CCn1nnc2c(CCNC)ncn2c1=O. The molecular weight excluding hydrogens is 220 g/mol. The van der Waals surface area contributed by atoms with E-state index in [2.05, 4.69) is 26.5 Å². The van der Waals surface area contributed by atoms with Crippen LogP contribution in [-0.4, -0.2) is 38.0 Å². The molecule has 2 heterocycles. The van der Waals surface area contributed by atoms with Crippen molar-refractivity contribution in [2.75, 3.05) is 13.6 Å². The minimum absolute atomic E-state index is 0.103. The van der Waals surface area contributed by atoms with Crippen molar-refractivity contribution in [3.63, 3.8) is 0 Å². The third-order valence-electron chi connectivity index (χ3n) is 2.34. The first-order chi connectivity index (χ1) is 8.27. The second kappa shape index (κ2) is 4.76. The zero-order valence-corrected chi connectivity index (χ0v) is 9.42. The minimum atomic E-state index is -0.323. The van der Waals surface area contributed by atoms with Gasteiger partial charge in [-0.05, 0) is 7.05 Å². The number of rotatable bonds is 4. The average molecular weight is 232 g/mol. The lowest BCUT2D eigenvalue weighted by Crippen LogP contribution is -2.29. The van der Waals surface area contributed by atoms with Crippen LogP contribution in [0.3, 0.4) is 0 Å². The Morgan fingerprint density at radius 3 is 3.12 bits per heavy atom. The molecule has 2 aromatic rings. The van der Waals surface area contributed by atoms with Gasteiger partial charge >= 0.3 is 5.69 Å². The van der Waals surface area contributed by atoms with E-state index in [0.717, 1.165) is 16.9 Å². The summed E-state index contributed by atoms with van der Waals surface area (Å²) in [5.41, 5.74) is 0.909. The van der Waals surface area contributed by atoms with Crippen LogP contribution in [0.4, 0.5) is 0 Å². The maximum Gasteiger partial charge on any atom is 0.353 e. The highest BCUT2D eigenvalue weighted by atomic mass is 16.2. The van der Waals surface area contributed by atoms with Crippen molar-refractivity contribution in [1.82, 2.24) is 29.7 Å². The van der Waals surface area contributed by atoms with Gasteiger partial charge in [-0.15, -0.1) is 11.5 Å². The van der Waals surface area contributed by atoms with Crippen molar-refractivity contribution in [2.45, 2.75) is 13.0 Å². The van der Waals surface area contributed by atoms with Crippen LogP contribution in [0.1, 0.15) is 5.69 Å². The molecule has 0 atom stereocenters. The van der Waals surface area contributed by atoms with Crippen LogP contribution in [0, 0.1) is 12.3 Å². The smallest absolute Gasteiger partial charge is 0.319 e. The standard InChI is InChI=1S/C10H12N6O/c1-3-6-16-10(17)15-7-12-8(4-5-11-2)9(15)13-14-16/h1,7,11H,4-6H2,2H3. The van der Waals surface area contributed by atoms with Crippen molar-refractivity contribution in [3.05, 3.63) is 22.5 Å². The van der Waals surface area contributed by atoms with E-state index < -0.39 is 0 Å². The van der Waals surface area contributed by atoms with Crippen molar-refractivity contribution < 1.29 is 0 Å². The Labute approximate surface area is 97.5 Å². The van der Waals surface area contributed by atoms with E-state index in [1.165, 1.54) is 10.7 Å².